The van der Waals surface area contributed by atoms with E-state index in [4.69, 9.17) is 5.26 Å². The minimum atomic E-state index is -0.336. The molecule has 17 heavy (non-hydrogen) atoms. The van der Waals surface area contributed by atoms with Crippen molar-refractivity contribution < 1.29 is 0 Å². The van der Waals surface area contributed by atoms with E-state index in [2.05, 4.69) is 27.0 Å². The Kier molecular flexibility index (Phi) is 4.47. The first-order valence-corrected chi connectivity index (χ1v) is 6.30. The molecule has 1 aromatic rings. The number of nitriles is 1. The first kappa shape index (κ1) is 13.9. The molecule has 0 aromatic carbocycles. The van der Waals surface area contributed by atoms with Crippen molar-refractivity contribution in [2.75, 3.05) is 0 Å². The molecule has 5 heteroatoms. The zero-order valence-corrected chi connectivity index (χ0v) is 11.9. The molecule has 0 unspecified atom stereocenters. The van der Waals surface area contributed by atoms with Crippen molar-refractivity contribution in [2.24, 2.45) is 5.41 Å². The maximum atomic E-state index is 11.8. The fraction of sp³-hybridized carbons (Fsp3) is 0.583. The van der Waals surface area contributed by atoms with E-state index < -0.39 is 0 Å². The molecule has 0 spiro atoms. The van der Waals surface area contributed by atoms with Crippen LogP contribution in [0.25, 0.3) is 0 Å². The third kappa shape index (κ3) is 3.67. The predicted octanol–water partition coefficient (Wildman–Crippen LogP) is 2.64. The van der Waals surface area contributed by atoms with Gasteiger partial charge < -0.3 is 0 Å². The van der Waals surface area contributed by atoms with E-state index in [9.17, 15) is 4.79 Å². The lowest BCUT2D eigenvalue weighted by Crippen LogP contribution is -2.24. The van der Waals surface area contributed by atoms with Crippen LogP contribution in [0.1, 0.15) is 32.5 Å². The Bertz CT molecular complexity index is 499. The van der Waals surface area contributed by atoms with E-state index >= 15 is 0 Å². The Morgan fingerprint density at radius 1 is 1.59 bits per heavy atom. The van der Waals surface area contributed by atoms with Crippen molar-refractivity contribution in [3.8, 4) is 6.07 Å². The van der Waals surface area contributed by atoms with Gasteiger partial charge in [0.15, 0.2) is 0 Å². The summed E-state index contributed by atoms with van der Waals surface area (Å²) >= 11 is 3.18. The number of aromatic nitrogens is 2. The van der Waals surface area contributed by atoms with Crippen molar-refractivity contribution >= 4 is 15.9 Å². The van der Waals surface area contributed by atoms with Gasteiger partial charge in [-0.2, -0.15) is 5.26 Å². The number of hydrogen-bond acceptors (Lipinski definition) is 3. The third-order valence-corrected chi connectivity index (χ3v) is 3.23. The number of hydrogen-bond donors (Lipinski definition) is 0. The standard InChI is InChI=1S/C12H16BrN3O/c1-9-15-7-10(13)11(17)16(9)6-4-5-12(2,3)8-14/h7H,4-6H2,1-3H3. The highest BCUT2D eigenvalue weighted by Gasteiger charge is 2.16. The first-order chi connectivity index (χ1) is 7.87. The summed E-state index contributed by atoms with van der Waals surface area (Å²) in [7, 11) is 0. The van der Waals surface area contributed by atoms with Crippen molar-refractivity contribution in [1.29, 1.82) is 5.26 Å². The Morgan fingerprint density at radius 2 is 2.24 bits per heavy atom. The van der Waals surface area contributed by atoms with E-state index in [1.807, 2.05) is 20.8 Å². The Hall–Kier alpha value is -1.15. The van der Waals surface area contributed by atoms with E-state index in [0.717, 1.165) is 12.8 Å². The van der Waals surface area contributed by atoms with Gasteiger partial charge in [0.2, 0.25) is 0 Å². The minimum Gasteiger partial charge on any atom is -0.296 e. The second-order valence-corrected chi connectivity index (χ2v) is 5.56. The topological polar surface area (TPSA) is 58.7 Å². The van der Waals surface area contributed by atoms with E-state index in [-0.39, 0.29) is 11.0 Å². The molecule has 0 aliphatic carbocycles. The Labute approximate surface area is 109 Å². The van der Waals surface area contributed by atoms with Gasteiger partial charge in [0.05, 0.1) is 11.5 Å². The van der Waals surface area contributed by atoms with E-state index in [1.165, 1.54) is 6.20 Å². The molecule has 0 atom stereocenters. The molecule has 1 aromatic heterocycles. The van der Waals surface area contributed by atoms with Gasteiger partial charge in [-0.15, -0.1) is 0 Å². The largest absolute Gasteiger partial charge is 0.296 e. The second-order valence-electron chi connectivity index (χ2n) is 4.71. The third-order valence-electron chi connectivity index (χ3n) is 2.69. The van der Waals surface area contributed by atoms with Gasteiger partial charge in [-0.25, -0.2) is 4.98 Å². The van der Waals surface area contributed by atoms with Crippen molar-refractivity contribution in [3.05, 3.63) is 26.8 Å². The Balaban J connectivity index is 2.75. The Morgan fingerprint density at radius 3 is 2.82 bits per heavy atom. The van der Waals surface area contributed by atoms with Crippen molar-refractivity contribution in [2.45, 2.75) is 40.2 Å². The average Bonchev–Trinajstić information content (AvgIpc) is 2.28. The molecule has 0 amide bonds. The van der Waals surface area contributed by atoms with Crippen LogP contribution in [0.5, 0.6) is 0 Å². The van der Waals surface area contributed by atoms with Crippen LogP contribution in [0.4, 0.5) is 0 Å². The normalized spacial score (nSPS) is 11.2. The number of halogens is 1. The summed E-state index contributed by atoms with van der Waals surface area (Å²) in [6, 6.07) is 2.26. The van der Waals surface area contributed by atoms with Crippen molar-refractivity contribution in [1.82, 2.24) is 9.55 Å². The molecule has 0 saturated carbocycles. The number of nitrogens with zero attached hydrogens (tertiary/aromatic N) is 3. The lowest BCUT2D eigenvalue weighted by molar-refractivity contribution is 0.410. The summed E-state index contributed by atoms with van der Waals surface area (Å²) in [4.78, 5) is 16.0. The fourth-order valence-corrected chi connectivity index (χ4v) is 1.87. The highest BCUT2D eigenvalue weighted by atomic mass is 79.9. The molecule has 0 radical (unpaired) electrons. The van der Waals surface area contributed by atoms with Crippen LogP contribution in [0.3, 0.4) is 0 Å². The molecule has 0 aliphatic rings. The fourth-order valence-electron chi connectivity index (χ4n) is 1.55. The molecule has 0 aliphatic heterocycles. The van der Waals surface area contributed by atoms with Gasteiger partial charge in [-0.05, 0) is 49.5 Å². The maximum Gasteiger partial charge on any atom is 0.267 e. The van der Waals surface area contributed by atoms with Gasteiger partial charge in [0.25, 0.3) is 5.56 Å². The highest BCUT2D eigenvalue weighted by molar-refractivity contribution is 9.10. The van der Waals surface area contributed by atoms with Crippen LogP contribution in [0.2, 0.25) is 0 Å². The van der Waals surface area contributed by atoms with Gasteiger partial charge in [-0.3, -0.25) is 9.36 Å². The first-order valence-electron chi connectivity index (χ1n) is 5.50. The van der Waals surface area contributed by atoms with Crippen LogP contribution < -0.4 is 5.56 Å². The van der Waals surface area contributed by atoms with E-state index in [1.54, 1.807) is 4.57 Å². The highest BCUT2D eigenvalue weighted by Crippen LogP contribution is 2.20. The van der Waals surface area contributed by atoms with Crippen LogP contribution in [-0.2, 0) is 6.54 Å². The molecule has 0 fully saturated rings. The average molecular weight is 298 g/mol. The van der Waals surface area contributed by atoms with Gasteiger partial charge >= 0.3 is 0 Å². The minimum absolute atomic E-state index is 0.0627. The van der Waals surface area contributed by atoms with Crippen LogP contribution in [0, 0.1) is 23.7 Å². The SMILES string of the molecule is Cc1ncc(Br)c(=O)n1CCCC(C)(C)C#N. The van der Waals surface area contributed by atoms with Crippen LogP contribution >= 0.6 is 15.9 Å². The van der Waals surface area contributed by atoms with Gasteiger partial charge in [0, 0.05) is 12.7 Å². The zero-order chi connectivity index (χ0) is 13.1. The van der Waals surface area contributed by atoms with Gasteiger partial charge in [-0.1, -0.05) is 0 Å². The lowest BCUT2D eigenvalue weighted by atomic mass is 9.90. The molecular weight excluding hydrogens is 282 g/mol. The summed E-state index contributed by atoms with van der Waals surface area (Å²) in [6.07, 6.45) is 3.08. The molecule has 4 nitrogen and oxygen atoms in total. The summed E-state index contributed by atoms with van der Waals surface area (Å²) in [5.41, 5.74) is -0.399. The molecule has 0 saturated heterocycles. The number of rotatable bonds is 4. The molecule has 1 rings (SSSR count). The monoisotopic (exact) mass is 297 g/mol. The predicted molar refractivity (Wildman–Crippen MR) is 69.6 cm³/mol. The second kappa shape index (κ2) is 5.46. The molecule has 0 bridgehead atoms. The van der Waals surface area contributed by atoms with Crippen LogP contribution in [0.15, 0.2) is 15.5 Å². The maximum absolute atomic E-state index is 11.8. The summed E-state index contributed by atoms with van der Waals surface area (Å²) in [6.45, 7) is 6.22. The summed E-state index contributed by atoms with van der Waals surface area (Å²) in [5.74, 6) is 0.702. The molecule has 92 valence electrons. The van der Waals surface area contributed by atoms with E-state index in [0.29, 0.717) is 16.8 Å². The smallest absolute Gasteiger partial charge is 0.267 e. The number of aryl methyl sites for hydroxylation is 1. The quantitative estimate of drug-likeness (QED) is 0.858. The summed E-state index contributed by atoms with van der Waals surface area (Å²) in [5, 5.41) is 8.91. The lowest BCUT2D eigenvalue weighted by Gasteiger charge is -2.15. The summed E-state index contributed by atoms with van der Waals surface area (Å²) < 4.78 is 2.11. The van der Waals surface area contributed by atoms with Gasteiger partial charge in [0.1, 0.15) is 10.3 Å². The molecule has 0 N–H and O–H groups in total. The van der Waals surface area contributed by atoms with Crippen LogP contribution in [-0.4, -0.2) is 9.55 Å². The zero-order valence-electron chi connectivity index (χ0n) is 10.3. The molecule has 1 heterocycles. The van der Waals surface area contributed by atoms with Crippen molar-refractivity contribution in [3.63, 3.8) is 0 Å². The molecular formula is C12H16BrN3O.